The summed E-state index contributed by atoms with van der Waals surface area (Å²) in [7, 11) is 0. The third-order valence-corrected chi connectivity index (χ3v) is 3.35. The van der Waals surface area contributed by atoms with E-state index in [1.165, 1.54) is 18.0 Å². The van der Waals surface area contributed by atoms with Crippen LogP contribution in [0.5, 0.6) is 0 Å². The van der Waals surface area contributed by atoms with E-state index in [1.54, 1.807) is 0 Å². The van der Waals surface area contributed by atoms with Crippen LogP contribution in [0.1, 0.15) is 13.3 Å². The predicted molar refractivity (Wildman–Crippen MR) is 56.1 cm³/mol. The average molecular weight is 197 g/mol. The van der Waals surface area contributed by atoms with E-state index in [9.17, 15) is 0 Å². The van der Waals surface area contributed by atoms with Crippen molar-refractivity contribution in [3.63, 3.8) is 0 Å². The third-order valence-electron chi connectivity index (χ3n) is 2.80. The number of nitrogens with zero attached hydrogens (tertiary/aromatic N) is 2. The molecule has 0 amide bonds. The summed E-state index contributed by atoms with van der Waals surface area (Å²) in [6.45, 7) is 5.16. The van der Waals surface area contributed by atoms with Gasteiger partial charge in [0.25, 0.3) is 0 Å². The molecule has 1 saturated heterocycles. The topological polar surface area (TPSA) is 42.1 Å². The Kier molecular flexibility index (Phi) is 2.26. The summed E-state index contributed by atoms with van der Waals surface area (Å²) < 4.78 is 4.32. The molecule has 0 radical (unpaired) electrons. The zero-order valence-electron chi connectivity index (χ0n) is 7.86. The molecular formula is C9H15N3S. The first-order valence-electron chi connectivity index (χ1n) is 4.59. The van der Waals surface area contributed by atoms with Gasteiger partial charge in [-0.1, -0.05) is 6.92 Å². The van der Waals surface area contributed by atoms with E-state index in [4.69, 9.17) is 5.73 Å². The minimum Gasteiger partial charge on any atom is -0.355 e. The van der Waals surface area contributed by atoms with Crippen LogP contribution < -0.4 is 10.6 Å². The van der Waals surface area contributed by atoms with Gasteiger partial charge in [0.05, 0.1) is 0 Å². The smallest absolute Gasteiger partial charge is 0.142 e. The average Bonchev–Trinajstić information content (AvgIpc) is 2.73. The van der Waals surface area contributed by atoms with Crippen LogP contribution in [-0.2, 0) is 0 Å². The van der Waals surface area contributed by atoms with Crippen LogP contribution >= 0.6 is 11.5 Å². The molecule has 1 unspecified atom stereocenters. The van der Waals surface area contributed by atoms with Crippen LogP contribution in [-0.4, -0.2) is 24.0 Å². The monoisotopic (exact) mass is 197 g/mol. The van der Waals surface area contributed by atoms with Crippen molar-refractivity contribution in [1.29, 1.82) is 0 Å². The molecule has 0 spiro atoms. The van der Waals surface area contributed by atoms with Crippen LogP contribution in [0.4, 0.5) is 5.82 Å². The molecule has 2 N–H and O–H groups in total. The lowest BCUT2D eigenvalue weighted by Gasteiger charge is -2.22. The zero-order valence-corrected chi connectivity index (χ0v) is 8.68. The Morgan fingerprint density at radius 2 is 2.62 bits per heavy atom. The lowest BCUT2D eigenvalue weighted by Crippen LogP contribution is -2.31. The molecule has 0 aliphatic carbocycles. The second kappa shape index (κ2) is 3.27. The summed E-state index contributed by atoms with van der Waals surface area (Å²) in [6.07, 6.45) is 1.18. The molecule has 0 bridgehead atoms. The van der Waals surface area contributed by atoms with Crippen molar-refractivity contribution in [2.75, 3.05) is 24.5 Å². The van der Waals surface area contributed by atoms with Crippen molar-refractivity contribution in [1.82, 2.24) is 4.37 Å². The highest BCUT2D eigenvalue weighted by molar-refractivity contribution is 7.03. The lowest BCUT2D eigenvalue weighted by molar-refractivity contribution is 0.383. The maximum Gasteiger partial charge on any atom is 0.142 e. The van der Waals surface area contributed by atoms with Gasteiger partial charge in [0, 0.05) is 18.5 Å². The van der Waals surface area contributed by atoms with Crippen molar-refractivity contribution in [2.45, 2.75) is 13.3 Å². The largest absolute Gasteiger partial charge is 0.355 e. The van der Waals surface area contributed by atoms with Gasteiger partial charge in [-0.3, -0.25) is 0 Å². The molecule has 0 saturated carbocycles. The van der Waals surface area contributed by atoms with E-state index < -0.39 is 0 Å². The van der Waals surface area contributed by atoms with E-state index in [0.29, 0.717) is 5.41 Å². The molecule has 1 fully saturated rings. The standard InChI is InChI=1S/C9H15N3S/c1-9(6-10)3-4-12(7-9)8-2-5-13-11-8/h2,5H,3-4,6-7,10H2,1H3. The number of hydrogen-bond donors (Lipinski definition) is 1. The molecular weight excluding hydrogens is 182 g/mol. The first-order valence-corrected chi connectivity index (χ1v) is 5.43. The van der Waals surface area contributed by atoms with E-state index in [0.717, 1.165) is 25.5 Å². The quantitative estimate of drug-likeness (QED) is 0.777. The van der Waals surface area contributed by atoms with Crippen molar-refractivity contribution in [2.24, 2.45) is 11.1 Å². The van der Waals surface area contributed by atoms with E-state index in [2.05, 4.69) is 22.3 Å². The van der Waals surface area contributed by atoms with E-state index in [1.807, 2.05) is 5.38 Å². The van der Waals surface area contributed by atoms with Gasteiger partial charge < -0.3 is 10.6 Å². The van der Waals surface area contributed by atoms with Gasteiger partial charge in [0.1, 0.15) is 5.82 Å². The molecule has 1 aliphatic heterocycles. The second-order valence-electron chi connectivity index (χ2n) is 4.04. The summed E-state index contributed by atoms with van der Waals surface area (Å²) in [4.78, 5) is 2.32. The summed E-state index contributed by atoms with van der Waals surface area (Å²) in [5.41, 5.74) is 6.03. The number of rotatable bonds is 2. The van der Waals surface area contributed by atoms with Crippen LogP contribution in [0.3, 0.4) is 0 Å². The Balaban J connectivity index is 2.07. The van der Waals surface area contributed by atoms with Gasteiger partial charge >= 0.3 is 0 Å². The molecule has 13 heavy (non-hydrogen) atoms. The van der Waals surface area contributed by atoms with Crippen LogP contribution in [0.15, 0.2) is 11.4 Å². The van der Waals surface area contributed by atoms with Gasteiger partial charge in [0.2, 0.25) is 0 Å². The molecule has 4 heteroatoms. The molecule has 2 rings (SSSR count). The lowest BCUT2D eigenvalue weighted by atomic mass is 9.90. The maximum atomic E-state index is 5.74. The summed E-state index contributed by atoms with van der Waals surface area (Å²) in [5, 5.41) is 2.02. The molecule has 0 aromatic carbocycles. The molecule has 1 aliphatic rings. The van der Waals surface area contributed by atoms with E-state index >= 15 is 0 Å². The van der Waals surface area contributed by atoms with Gasteiger partial charge in [-0.25, -0.2) is 0 Å². The SMILES string of the molecule is CC1(CN)CCN(c2ccsn2)C1. The van der Waals surface area contributed by atoms with Gasteiger partial charge in [-0.15, -0.1) is 0 Å². The molecule has 3 nitrogen and oxygen atoms in total. The number of aromatic nitrogens is 1. The molecule has 1 atom stereocenters. The number of nitrogens with two attached hydrogens (primary N) is 1. The Morgan fingerprint density at radius 3 is 3.15 bits per heavy atom. The fourth-order valence-corrected chi connectivity index (χ4v) is 2.28. The highest BCUT2D eigenvalue weighted by Crippen LogP contribution is 2.31. The summed E-state index contributed by atoms with van der Waals surface area (Å²) in [5.74, 6) is 1.11. The van der Waals surface area contributed by atoms with Gasteiger partial charge in [0.15, 0.2) is 0 Å². The Morgan fingerprint density at radius 1 is 1.77 bits per heavy atom. The zero-order chi connectivity index (χ0) is 9.31. The summed E-state index contributed by atoms with van der Waals surface area (Å²) >= 11 is 1.51. The van der Waals surface area contributed by atoms with Gasteiger partial charge in [-0.2, -0.15) is 4.37 Å². The normalized spacial score (nSPS) is 28.3. The third kappa shape index (κ3) is 1.69. The minimum atomic E-state index is 0.295. The Hall–Kier alpha value is -0.610. The van der Waals surface area contributed by atoms with Gasteiger partial charge in [-0.05, 0) is 36.0 Å². The molecule has 72 valence electrons. The van der Waals surface area contributed by atoms with Crippen LogP contribution in [0, 0.1) is 5.41 Å². The van der Waals surface area contributed by atoms with Crippen molar-refractivity contribution < 1.29 is 0 Å². The first kappa shape index (κ1) is 8.97. The molecule has 1 aromatic heterocycles. The van der Waals surface area contributed by atoms with Crippen molar-refractivity contribution in [3.8, 4) is 0 Å². The number of anilines is 1. The van der Waals surface area contributed by atoms with Crippen LogP contribution in [0.25, 0.3) is 0 Å². The highest BCUT2D eigenvalue weighted by Gasteiger charge is 2.33. The van der Waals surface area contributed by atoms with Crippen molar-refractivity contribution >= 4 is 17.4 Å². The fourth-order valence-electron chi connectivity index (χ4n) is 1.76. The molecule has 1 aromatic rings. The molecule has 2 heterocycles. The Bertz CT molecular complexity index is 272. The maximum absolute atomic E-state index is 5.74. The Labute approximate surface area is 82.7 Å². The second-order valence-corrected chi connectivity index (χ2v) is 4.71. The number of hydrogen-bond acceptors (Lipinski definition) is 4. The summed E-state index contributed by atoms with van der Waals surface area (Å²) in [6, 6.07) is 2.08. The minimum absolute atomic E-state index is 0.295. The van der Waals surface area contributed by atoms with Crippen LogP contribution in [0.2, 0.25) is 0 Å². The first-order chi connectivity index (χ1) is 6.23. The van der Waals surface area contributed by atoms with Crippen molar-refractivity contribution in [3.05, 3.63) is 11.4 Å². The van der Waals surface area contributed by atoms with E-state index in [-0.39, 0.29) is 0 Å². The fraction of sp³-hybridized carbons (Fsp3) is 0.667. The predicted octanol–water partition coefficient (Wildman–Crippen LogP) is 1.32. The highest BCUT2D eigenvalue weighted by atomic mass is 32.1.